The van der Waals surface area contributed by atoms with E-state index < -0.39 is 6.04 Å². The molecule has 3 aromatic carbocycles. The second-order valence-corrected chi connectivity index (χ2v) is 8.17. The van der Waals surface area contributed by atoms with E-state index in [9.17, 15) is 9.59 Å². The van der Waals surface area contributed by atoms with Gasteiger partial charge in [-0.3, -0.25) is 9.59 Å². The monoisotopic (exact) mass is 464 g/mol. The molecule has 3 rings (SSSR count). The largest absolute Gasteiger partial charge is 0.484 e. The van der Waals surface area contributed by atoms with Crippen LogP contribution in [-0.4, -0.2) is 35.9 Å². The average molecular weight is 465 g/mol. The summed E-state index contributed by atoms with van der Waals surface area (Å²) < 4.78 is 5.83. The van der Waals surface area contributed by atoms with Gasteiger partial charge in [-0.05, 0) is 42.7 Å². The van der Waals surface area contributed by atoms with Gasteiger partial charge in [-0.25, -0.2) is 0 Å². The summed E-state index contributed by atoms with van der Waals surface area (Å²) in [6, 6.07) is 23.8. The van der Waals surface area contributed by atoms with Crippen LogP contribution < -0.4 is 10.1 Å². The first-order valence-corrected chi connectivity index (χ1v) is 11.4. The number of nitrogens with one attached hydrogen (secondary N) is 1. The third kappa shape index (κ3) is 6.83. The maximum absolute atomic E-state index is 13.5. The van der Waals surface area contributed by atoms with Crippen molar-refractivity contribution in [1.29, 1.82) is 0 Å². The minimum absolute atomic E-state index is 0.181. The number of hydrogen-bond donors (Lipinski definition) is 1. The van der Waals surface area contributed by atoms with Gasteiger partial charge in [0, 0.05) is 24.5 Å². The number of halogens is 1. The lowest BCUT2D eigenvalue weighted by Gasteiger charge is -2.31. The first-order chi connectivity index (χ1) is 16.0. The first kappa shape index (κ1) is 24.3. The van der Waals surface area contributed by atoms with Crippen molar-refractivity contribution in [3.05, 3.63) is 101 Å². The Morgan fingerprint density at radius 2 is 1.64 bits per heavy atom. The number of rotatable bonds is 10. The summed E-state index contributed by atoms with van der Waals surface area (Å²) in [5, 5.41) is 3.42. The van der Waals surface area contributed by atoms with E-state index in [0.717, 1.165) is 16.7 Å². The quantitative estimate of drug-likeness (QED) is 0.468. The normalized spacial score (nSPS) is 11.5. The van der Waals surface area contributed by atoms with Crippen molar-refractivity contribution in [3.8, 4) is 5.75 Å². The second-order valence-electron chi connectivity index (χ2n) is 7.77. The van der Waals surface area contributed by atoms with Crippen LogP contribution in [0.1, 0.15) is 23.6 Å². The van der Waals surface area contributed by atoms with Crippen LogP contribution in [0.5, 0.6) is 5.75 Å². The minimum Gasteiger partial charge on any atom is -0.484 e. The third-order valence-electron chi connectivity index (χ3n) is 5.37. The van der Waals surface area contributed by atoms with E-state index in [0.29, 0.717) is 23.7 Å². The zero-order valence-corrected chi connectivity index (χ0v) is 19.7. The van der Waals surface area contributed by atoms with Gasteiger partial charge in [0.15, 0.2) is 6.61 Å². The molecule has 0 aliphatic rings. The minimum atomic E-state index is -0.711. The van der Waals surface area contributed by atoms with Crippen LogP contribution in [0.4, 0.5) is 0 Å². The van der Waals surface area contributed by atoms with Gasteiger partial charge in [0.25, 0.3) is 5.91 Å². The van der Waals surface area contributed by atoms with Crippen molar-refractivity contribution in [2.75, 3.05) is 13.2 Å². The van der Waals surface area contributed by atoms with Gasteiger partial charge in [0.2, 0.25) is 5.91 Å². The molecule has 1 N–H and O–H groups in total. The SMILES string of the molecule is CCNC(=O)[C@H](Cc1ccccc1)N(Cc1ccccc1Cl)C(=O)COc1ccccc1C. The molecule has 0 aromatic heterocycles. The molecule has 2 amide bonds. The van der Waals surface area contributed by atoms with E-state index in [1.807, 2.05) is 86.6 Å². The van der Waals surface area contributed by atoms with Crippen molar-refractivity contribution in [1.82, 2.24) is 10.2 Å². The van der Waals surface area contributed by atoms with E-state index in [1.165, 1.54) is 0 Å². The highest BCUT2D eigenvalue weighted by atomic mass is 35.5. The predicted octanol–water partition coefficient (Wildman–Crippen LogP) is 4.80. The Bertz CT molecular complexity index is 1070. The Morgan fingerprint density at radius 3 is 2.33 bits per heavy atom. The highest BCUT2D eigenvalue weighted by Gasteiger charge is 2.30. The molecular formula is C27H29ClN2O3. The van der Waals surface area contributed by atoms with Crippen LogP contribution in [0.3, 0.4) is 0 Å². The van der Waals surface area contributed by atoms with Gasteiger partial charge < -0.3 is 15.0 Å². The van der Waals surface area contributed by atoms with E-state index in [4.69, 9.17) is 16.3 Å². The van der Waals surface area contributed by atoms with Crippen molar-refractivity contribution < 1.29 is 14.3 Å². The van der Waals surface area contributed by atoms with Crippen molar-refractivity contribution >= 4 is 23.4 Å². The Kier molecular flexibility index (Phi) is 8.90. The number of carbonyl (C=O) groups is 2. The number of ether oxygens (including phenoxy) is 1. The number of nitrogens with zero attached hydrogens (tertiary/aromatic N) is 1. The lowest BCUT2D eigenvalue weighted by Crippen LogP contribution is -2.51. The molecule has 5 nitrogen and oxygen atoms in total. The topological polar surface area (TPSA) is 58.6 Å². The molecular weight excluding hydrogens is 436 g/mol. The molecule has 0 bridgehead atoms. The van der Waals surface area contributed by atoms with Crippen molar-refractivity contribution in [2.45, 2.75) is 32.9 Å². The summed E-state index contributed by atoms with van der Waals surface area (Å²) in [7, 11) is 0. The van der Waals surface area contributed by atoms with Crippen molar-refractivity contribution in [3.63, 3.8) is 0 Å². The summed E-state index contributed by atoms with van der Waals surface area (Å²) in [4.78, 5) is 28.1. The Morgan fingerprint density at radius 1 is 0.970 bits per heavy atom. The molecule has 0 saturated heterocycles. The number of aryl methyl sites for hydroxylation is 1. The van der Waals surface area contributed by atoms with Gasteiger partial charge in [-0.1, -0.05) is 78.3 Å². The molecule has 0 unspecified atom stereocenters. The van der Waals surface area contributed by atoms with Gasteiger partial charge in [0.1, 0.15) is 11.8 Å². The summed E-state index contributed by atoms with van der Waals surface area (Å²) in [6.45, 7) is 4.27. The van der Waals surface area contributed by atoms with Crippen LogP contribution in [0, 0.1) is 6.92 Å². The van der Waals surface area contributed by atoms with Gasteiger partial charge in [-0.2, -0.15) is 0 Å². The van der Waals surface area contributed by atoms with Crippen LogP contribution in [0.2, 0.25) is 5.02 Å². The van der Waals surface area contributed by atoms with Crippen molar-refractivity contribution in [2.24, 2.45) is 0 Å². The van der Waals surface area contributed by atoms with Gasteiger partial charge >= 0.3 is 0 Å². The summed E-state index contributed by atoms with van der Waals surface area (Å²) >= 11 is 6.40. The fourth-order valence-corrected chi connectivity index (χ4v) is 3.79. The molecule has 6 heteroatoms. The summed E-state index contributed by atoms with van der Waals surface area (Å²) in [5.74, 6) is 0.143. The van der Waals surface area contributed by atoms with E-state index in [1.54, 1.807) is 11.0 Å². The highest BCUT2D eigenvalue weighted by molar-refractivity contribution is 6.31. The van der Waals surface area contributed by atoms with Crippen LogP contribution in [-0.2, 0) is 22.6 Å². The van der Waals surface area contributed by atoms with Crippen LogP contribution in [0.25, 0.3) is 0 Å². The molecule has 0 heterocycles. The Balaban J connectivity index is 1.91. The molecule has 3 aromatic rings. The Labute approximate surface area is 200 Å². The van der Waals surface area contributed by atoms with Crippen LogP contribution >= 0.6 is 11.6 Å². The van der Waals surface area contributed by atoms with Gasteiger partial charge in [-0.15, -0.1) is 0 Å². The Hall–Kier alpha value is -3.31. The number of amides is 2. The lowest BCUT2D eigenvalue weighted by molar-refractivity contribution is -0.142. The standard InChI is InChI=1S/C27H29ClN2O3/c1-3-29-27(32)24(17-21-12-5-4-6-13-21)30(18-22-14-8-9-15-23(22)28)26(31)19-33-25-16-10-7-11-20(25)2/h4-16,24H,3,17-19H2,1-2H3,(H,29,32)/t24-/m0/s1. The molecule has 0 spiro atoms. The highest BCUT2D eigenvalue weighted by Crippen LogP contribution is 2.21. The predicted molar refractivity (Wildman–Crippen MR) is 131 cm³/mol. The molecule has 0 aliphatic heterocycles. The van der Waals surface area contributed by atoms with E-state index in [-0.39, 0.29) is 25.0 Å². The van der Waals surface area contributed by atoms with E-state index >= 15 is 0 Å². The molecule has 0 saturated carbocycles. The molecule has 0 aliphatic carbocycles. The zero-order valence-electron chi connectivity index (χ0n) is 19.0. The second kappa shape index (κ2) is 12.1. The molecule has 0 radical (unpaired) electrons. The fourth-order valence-electron chi connectivity index (χ4n) is 3.60. The molecule has 0 fully saturated rings. The number of para-hydroxylation sites is 1. The van der Waals surface area contributed by atoms with E-state index in [2.05, 4.69) is 5.32 Å². The number of carbonyl (C=O) groups excluding carboxylic acids is 2. The smallest absolute Gasteiger partial charge is 0.261 e. The third-order valence-corrected chi connectivity index (χ3v) is 5.73. The fraction of sp³-hybridized carbons (Fsp3) is 0.259. The first-order valence-electron chi connectivity index (χ1n) is 11.0. The average Bonchev–Trinajstić information content (AvgIpc) is 2.82. The lowest BCUT2D eigenvalue weighted by atomic mass is 10.0. The van der Waals surface area contributed by atoms with Crippen LogP contribution in [0.15, 0.2) is 78.9 Å². The maximum atomic E-state index is 13.5. The maximum Gasteiger partial charge on any atom is 0.261 e. The number of likely N-dealkylation sites (N-methyl/N-ethyl adjacent to an activating group) is 1. The summed E-state index contributed by atoms with van der Waals surface area (Å²) in [6.07, 6.45) is 0.382. The molecule has 33 heavy (non-hydrogen) atoms. The molecule has 1 atom stereocenters. The zero-order chi connectivity index (χ0) is 23.6. The molecule has 172 valence electrons. The number of benzene rings is 3. The number of hydrogen-bond acceptors (Lipinski definition) is 3. The van der Waals surface area contributed by atoms with Gasteiger partial charge in [0.05, 0.1) is 0 Å². The summed E-state index contributed by atoms with van der Waals surface area (Å²) in [5.41, 5.74) is 2.67.